The predicted octanol–water partition coefficient (Wildman–Crippen LogP) is 0.902. The molecule has 0 radical (unpaired) electrons. The molecule has 1 rings (SSSR count). The summed E-state index contributed by atoms with van der Waals surface area (Å²) in [5, 5.41) is 5.74. The number of amides is 1. The molecule has 2 N–H and O–H groups in total. The van der Waals surface area contributed by atoms with E-state index in [-0.39, 0.29) is 12.5 Å². The fraction of sp³-hybridized carbons (Fsp3) is 0.417. The third-order valence-corrected chi connectivity index (χ3v) is 2.93. The van der Waals surface area contributed by atoms with Crippen LogP contribution in [-0.2, 0) is 15.6 Å². The minimum atomic E-state index is -0.816. The van der Waals surface area contributed by atoms with Crippen LogP contribution in [0.1, 0.15) is 5.56 Å². The zero-order valence-electron chi connectivity index (χ0n) is 10.2. The summed E-state index contributed by atoms with van der Waals surface area (Å²) in [7, 11) is -0.816. The number of carbonyl (C=O) groups is 1. The Kier molecular flexibility index (Phi) is 5.86. The van der Waals surface area contributed by atoms with Gasteiger partial charge in [-0.15, -0.1) is 0 Å². The number of anilines is 1. The zero-order chi connectivity index (χ0) is 12.7. The molecule has 0 bridgehead atoms. The minimum Gasteiger partial charge on any atom is -0.325 e. The second-order valence-electron chi connectivity index (χ2n) is 3.87. The number of carbonyl (C=O) groups excluding carboxylic acids is 1. The first-order valence-corrected chi connectivity index (χ1v) is 7.18. The Hall–Kier alpha value is -1.20. The normalized spacial score (nSPS) is 12.1. The Labute approximate surface area is 104 Å². The Morgan fingerprint density at radius 2 is 2.18 bits per heavy atom. The van der Waals surface area contributed by atoms with Gasteiger partial charge < -0.3 is 10.6 Å². The molecule has 0 spiro atoms. The summed E-state index contributed by atoms with van der Waals surface area (Å²) >= 11 is 0. The highest BCUT2D eigenvalue weighted by atomic mass is 32.2. The van der Waals surface area contributed by atoms with Gasteiger partial charge in [-0.1, -0.05) is 12.1 Å². The lowest BCUT2D eigenvalue weighted by Crippen LogP contribution is -2.30. The van der Waals surface area contributed by atoms with E-state index in [0.717, 1.165) is 11.3 Å². The van der Waals surface area contributed by atoms with Crippen molar-refractivity contribution in [2.45, 2.75) is 6.92 Å². The zero-order valence-corrected chi connectivity index (χ0v) is 11.0. The van der Waals surface area contributed by atoms with E-state index >= 15 is 0 Å². The Morgan fingerprint density at radius 3 is 2.82 bits per heavy atom. The average molecular weight is 254 g/mol. The van der Waals surface area contributed by atoms with E-state index in [2.05, 4.69) is 10.6 Å². The molecule has 0 aliphatic carbocycles. The summed E-state index contributed by atoms with van der Waals surface area (Å²) in [5.41, 5.74) is 1.91. The summed E-state index contributed by atoms with van der Waals surface area (Å²) in [4.78, 5) is 11.5. The van der Waals surface area contributed by atoms with E-state index in [1.807, 2.05) is 31.2 Å². The number of nitrogens with one attached hydrogen (secondary N) is 2. The maximum atomic E-state index is 11.5. The van der Waals surface area contributed by atoms with Gasteiger partial charge >= 0.3 is 0 Å². The summed E-state index contributed by atoms with van der Waals surface area (Å²) in [6.07, 6.45) is 1.65. The molecule has 1 aromatic carbocycles. The Morgan fingerprint density at radius 1 is 1.41 bits per heavy atom. The van der Waals surface area contributed by atoms with Crippen LogP contribution in [0.4, 0.5) is 5.69 Å². The molecular weight excluding hydrogens is 236 g/mol. The van der Waals surface area contributed by atoms with E-state index in [1.165, 1.54) is 0 Å². The van der Waals surface area contributed by atoms with Crippen molar-refractivity contribution in [3.8, 4) is 0 Å². The molecule has 0 saturated heterocycles. The molecule has 1 amide bonds. The van der Waals surface area contributed by atoms with Crippen LogP contribution in [0.2, 0.25) is 0 Å². The van der Waals surface area contributed by atoms with Crippen molar-refractivity contribution in [3.05, 3.63) is 29.8 Å². The van der Waals surface area contributed by atoms with E-state index in [9.17, 15) is 9.00 Å². The highest BCUT2D eigenvalue weighted by Gasteiger charge is 2.01. The maximum absolute atomic E-state index is 11.5. The molecule has 0 heterocycles. The number of hydrogen-bond acceptors (Lipinski definition) is 3. The van der Waals surface area contributed by atoms with Crippen molar-refractivity contribution in [1.29, 1.82) is 0 Å². The highest BCUT2D eigenvalue weighted by Crippen LogP contribution is 2.08. The van der Waals surface area contributed by atoms with Crippen LogP contribution in [0.5, 0.6) is 0 Å². The molecule has 0 aliphatic heterocycles. The van der Waals surface area contributed by atoms with Crippen molar-refractivity contribution in [3.63, 3.8) is 0 Å². The van der Waals surface area contributed by atoms with Crippen LogP contribution in [0, 0.1) is 6.92 Å². The molecule has 0 saturated carbocycles. The van der Waals surface area contributed by atoms with E-state index < -0.39 is 10.8 Å². The van der Waals surface area contributed by atoms with E-state index in [1.54, 1.807) is 6.26 Å². The van der Waals surface area contributed by atoms with Crippen LogP contribution in [-0.4, -0.2) is 35.2 Å². The standard InChI is InChI=1S/C12H18N2O2S/c1-10-4-3-5-11(8-10)14-12(15)9-13-6-7-17(2)16/h3-5,8,13H,6-7,9H2,1-2H3,(H,14,15). The summed E-state index contributed by atoms with van der Waals surface area (Å²) < 4.78 is 10.8. The second-order valence-corrected chi connectivity index (χ2v) is 5.43. The van der Waals surface area contributed by atoms with Gasteiger partial charge in [0, 0.05) is 35.0 Å². The number of aryl methyl sites for hydroxylation is 1. The third kappa shape index (κ3) is 6.19. The highest BCUT2D eigenvalue weighted by molar-refractivity contribution is 7.84. The molecule has 17 heavy (non-hydrogen) atoms. The molecule has 5 heteroatoms. The monoisotopic (exact) mass is 254 g/mol. The molecule has 94 valence electrons. The van der Waals surface area contributed by atoms with Gasteiger partial charge in [-0.25, -0.2) is 0 Å². The molecule has 1 atom stereocenters. The van der Waals surface area contributed by atoms with E-state index in [4.69, 9.17) is 0 Å². The maximum Gasteiger partial charge on any atom is 0.238 e. The predicted molar refractivity (Wildman–Crippen MR) is 71.6 cm³/mol. The first kappa shape index (κ1) is 13.9. The Bertz CT molecular complexity index is 407. The SMILES string of the molecule is Cc1cccc(NC(=O)CNCCS(C)=O)c1. The summed E-state index contributed by atoms with van der Waals surface area (Å²) in [5.74, 6) is 0.482. The molecule has 0 aliphatic rings. The van der Waals surface area contributed by atoms with Gasteiger partial charge in [0.15, 0.2) is 0 Å². The van der Waals surface area contributed by atoms with Crippen LogP contribution in [0.25, 0.3) is 0 Å². The lowest BCUT2D eigenvalue weighted by molar-refractivity contribution is -0.115. The van der Waals surface area contributed by atoms with Gasteiger partial charge in [0.25, 0.3) is 0 Å². The molecule has 0 fully saturated rings. The van der Waals surface area contributed by atoms with Crippen molar-refractivity contribution in [2.75, 3.05) is 30.4 Å². The van der Waals surface area contributed by atoms with Gasteiger partial charge in [-0.2, -0.15) is 0 Å². The lowest BCUT2D eigenvalue weighted by Gasteiger charge is -2.06. The average Bonchev–Trinajstić information content (AvgIpc) is 2.24. The van der Waals surface area contributed by atoms with Crippen molar-refractivity contribution in [2.24, 2.45) is 0 Å². The first-order chi connectivity index (χ1) is 8.08. The van der Waals surface area contributed by atoms with Crippen molar-refractivity contribution < 1.29 is 9.00 Å². The molecular formula is C12H18N2O2S. The fourth-order valence-electron chi connectivity index (χ4n) is 1.35. The van der Waals surface area contributed by atoms with Crippen LogP contribution in [0.15, 0.2) is 24.3 Å². The topological polar surface area (TPSA) is 58.2 Å². The fourth-order valence-corrected chi connectivity index (χ4v) is 1.78. The molecule has 1 unspecified atom stereocenters. The number of benzene rings is 1. The van der Waals surface area contributed by atoms with Crippen molar-refractivity contribution >= 4 is 22.4 Å². The lowest BCUT2D eigenvalue weighted by atomic mass is 10.2. The van der Waals surface area contributed by atoms with Gasteiger partial charge in [0.2, 0.25) is 5.91 Å². The Balaban J connectivity index is 2.27. The van der Waals surface area contributed by atoms with Gasteiger partial charge in [0.1, 0.15) is 0 Å². The van der Waals surface area contributed by atoms with Gasteiger partial charge in [-0.3, -0.25) is 9.00 Å². The molecule has 4 nitrogen and oxygen atoms in total. The second kappa shape index (κ2) is 7.19. The van der Waals surface area contributed by atoms with E-state index in [0.29, 0.717) is 12.3 Å². The minimum absolute atomic E-state index is 0.0857. The molecule has 1 aromatic rings. The quantitative estimate of drug-likeness (QED) is 0.742. The third-order valence-electron chi connectivity index (χ3n) is 2.15. The van der Waals surface area contributed by atoms with Crippen molar-refractivity contribution in [1.82, 2.24) is 5.32 Å². The molecule has 0 aromatic heterocycles. The number of rotatable bonds is 6. The van der Waals surface area contributed by atoms with Crippen LogP contribution >= 0.6 is 0 Å². The van der Waals surface area contributed by atoms with Crippen LogP contribution < -0.4 is 10.6 Å². The summed E-state index contributed by atoms with van der Waals surface area (Å²) in [6.45, 7) is 2.81. The first-order valence-electron chi connectivity index (χ1n) is 5.45. The summed E-state index contributed by atoms with van der Waals surface area (Å²) in [6, 6.07) is 7.65. The van der Waals surface area contributed by atoms with Crippen LogP contribution in [0.3, 0.4) is 0 Å². The smallest absolute Gasteiger partial charge is 0.238 e. The largest absolute Gasteiger partial charge is 0.325 e. The van der Waals surface area contributed by atoms with Gasteiger partial charge in [0.05, 0.1) is 6.54 Å². The number of hydrogen-bond donors (Lipinski definition) is 2. The van der Waals surface area contributed by atoms with Gasteiger partial charge in [-0.05, 0) is 24.6 Å².